The van der Waals surface area contributed by atoms with E-state index >= 15 is 0 Å². The third-order valence-corrected chi connectivity index (χ3v) is 6.42. The van der Waals surface area contributed by atoms with Crippen LogP contribution in [0.4, 0.5) is 0 Å². The summed E-state index contributed by atoms with van der Waals surface area (Å²) in [4.78, 5) is 6.62. The summed E-state index contributed by atoms with van der Waals surface area (Å²) < 4.78 is 25.9. The van der Waals surface area contributed by atoms with Gasteiger partial charge in [-0.05, 0) is 19.8 Å². The van der Waals surface area contributed by atoms with Crippen molar-refractivity contribution >= 4 is 16.0 Å². The van der Waals surface area contributed by atoms with Crippen LogP contribution in [-0.2, 0) is 10.0 Å². The molecular formula is C17H35N5O2S. The zero-order valence-corrected chi connectivity index (χ0v) is 17.0. The van der Waals surface area contributed by atoms with Crippen LogP contribution < -0.4 is 10.6 Å². The molecule has 0 atom stereocenters. The number of nitrogens with one attached hydrogen (secondary N) is 2. The van der Waals surface area contributed by atoms with Crippen molar-refractivity contribution in [3.8, 4) is 0 Å². The van der Waals surface area contributed by atoms with Crippen LogP contribution in [0.3, 0.4) is 0 Å². The highest BCUT2D eigenvalue weighted by molar-refractivity contribution is 7.89. The minimum absolute atomic E-state index is 0.0758. The lowest BCUT2D eigenvalue weighted by Gasteiger charge is -2.33. The van der Waals surface area contributed by atoms with E-state index < -0.39 is 10.0 Å². The Morgan fingerprint density at radius 2 is 1.88 bits per heavy atom. The summed E-state index contributed by atoms with van der Waals surface area (Å²) in [5, 5.41) is 6.53. The van der Waals surface area contributed by atoms with E-state index in [1.165, 1.54) is 9.88 Å². The number of rotatable bonds is 9. The SMILES string of the molecule is C=C(C)CN1CCC(NC(=NC)NCCS(=O)(=O)N(CC)CC)CC1. The van der Waals surface area contributed by atoms with Crippen LogP contribution in [0, 0.1) is 0 Å². The van der Waals surface area contributed by atoms with E-state index in [9.17, 15) is 8.42 Å². The van der Waals surface area contributed by atoms with Gasteiger partial charge in [0, 0.05) is 52.4 Å². The van der Waals surface area contributed by atoms with Crippen LogP contribution in [0.5, 0.6) is 0 Å². The first kappa shape index (κ1) is 21.9. The van der Waals surface area contributed by atoms with E-state index in [1.807, 2.05) is 13.8 Å². The highest BCUT2D eigenvalue weighted by Gasteiger charge is 2.21. The van der Waals surface area contributed by atoms with Crippen LogP contribution in [0.2, 0.25) is 0 Å². The van der Waals surface area contributed by atoms with Crippen molar-refractivity contribution in [2.45, 2.75) is 39.7 Å². The molecule has 1 heterocycles. The second-order valence-corrected chi connectivity index (χ2v) is 8.64. The summed E-state index contributed by atoms with van der Waals surface area (Å²) in [6.45, 7) is 14.2. The number of guanidine groups is 1. The molecule has 1 rings (SSSR count). The molecule has 0 amide bonds. The van der Waals surface area contributed by atoms with Crippen molar-refractivity contribution in [2.24, 2.45) is 4.99 Å². The summed E-state index contributed by atoms with van der Waals surface area (Å²) in [5.74, 6) is 0.750. The predicted molar refractivity (Wildman–Crippen MR) is 105 cm³/mol. The third-order valence-electron chi connectivity index (χ3n) is 4.40. The van der Waals surface area contributed by atoms with E-state index in [4.69, 9.17) is 0 Å². The minimum atomic E-state index is -3.21. The Morgan fingerprint density at radius 1 is 1.28 bits per heavy atom. The summed E-state index contributed by atoms with van der Waals surface area (Å²) in [7, 11) is -1.49. The van der Waals surface area contributed by atoms with Gasteiger partial charge in [-0.1, -0.05) is 26.0 Å². The van der Waals surface area contributed by atoms with Crippen molar-refractivity contribution in [3.05, 3.63) is 12.2 Å². The molecule has 0 aromatic rings. The Bertz CT molecular complexity index is 535. The van der Waals surface area contributed by atoms with Crippen molar-refractivity contribution in [1.82, 2.24) is 19.8 Å². The molecule has 0 spiro atoms. The van der Waals surface area contributed by atoms with E-state index in [2.05, 4.69) is 34.0 Å². The lowest BCUT2D eigenvalue weighted by Crippen LogP contribution is -2.49. The molecule has 8 heteroatoms. The Hall–Kier alpha value is -1.12. The second kappa shape index (κ2) is 10.8. The minimum Gasteiger partial charge on any atom is -0.355 e. The van der Waals surface area contributed by atoms with Gasteiger partial charge in [-0.3, -0.25) is 9.89 Å². The number of likely N-dealkylation sites (tertiary alicyclic amines) is 1. The lowest BCUT2D eigenvalue weighted by atomic mass is 10.0. The van der Waals surface area contributed by atoms with Crippen LogP contribution >= 0.6 is 0 Å². The fourth-order valence-corrected chi connectivity index (χ4v) is 4.45. The summed E-state index contributed by atoms with van der Waals surface area (Å²) >= 11 is 0. The largest absolute Gasteiger partial charge is 0.355 e. The van der Waals surface area contributed by atoms with Crippen molar-refractivity contribution in [2.75, 3.05) is 52.1 Å². The molecule has 0 saturated carbocycles. The molecule has 0 aromatic carbocycles. The zero-order valence-electron chi connectivity index (χ0n) is 16.2. The third kappa shape index (κ3) is 7.75. The number of sulfonamides is 1. The summed E-state index contributed by atoms with van der Waals surface area (Å²) in [5.41, 5.74) is 1.19. The van der Waals surface area contributed by atoms with Crippen molar-refractivity contribution < 1.29 is 8.42 Å². The van der Waals surface area contributed by atoms with Gasteiger partial charge >= 0.3 is 0 Å². The molecular weight excluding hydrogens is 338 g/mol. The normalized spacial score (nSPS) is 17.7. The standard InChI is InChI=1S/C17H35N5O2S/c1-6-22(7-2)25(23,24)13-10-19-17(18-5)20-16-8-11-21(12-9-16)14-15(3)4/h16H,3,6-14H2,1-2,4-5H3,(H2,18,19,20). The van der Waals surface area contributed by atoms with Gasteiger partial charge < -0.3 is 10.6 Å². The molecule has 146 valence electrons. The van der Waals surface area contributed by atoms with E-state index in [0.717, 1.165) is 32.5 Å². The molecule has 1 saturated heterocycles. The maximum Gasteiger partial charge on any atom is 0.215 e. The summed E-state index contributed by atoms with van der Waals surface area (Å²) in [6.07, 6.45) is 2.09. The Labute approximate surface area is 153 Å². The van der Waals surface area contributed by atoms with Crippen LogP contribution in [0.15, 0.2) is 17.1 Å². The molecule has 0 aliphatic carbocycles. The molecule has 7 nitrogen and oxygen atoms in total. The fourth-order valence-electron chi connectivity index (χ4n) is 3.05. The molecule has 0 unspecified atom stereocenters. The molecule has 0 aromatic heterocycles. The van der Waals surface area contributed by atoms with Gasteiger partial charge in [-0.25, -0.2) is 12.7 Å². The maximum atomic E-state index is 12.2. The van der Waals surface area contributed by atoms with E-state index in [1.54, 1.807) is 7.05 Å². The number of hydrogen-bond donors (Lipinski definition) is 2. The molecule has 2 N–H and O–H groups in total. The number of nitrogens with zero attached hydrogens (tertiary/aromatic N) is 3. The van der Waals surface area contributed by atoms with Crippen molar-refractivity contribution in [3.63, 3.8) is 0 Å². The van der Waals surface area contributed by atoms with Gasteiger partial charge in [-0.2, -0.15) is 0 Å². The van der Waals surface area contributed by atoms with Gasteiger partial charge in [0.05, 0.1) is 5.75 Å². The number of aliphatic imine (C=N–C) groups is 1. The number of piperidine rings is 1. The van der Waals surface area contributed by atoms with Crippen molar-refractivity contribution in [1.29, 1.82) is 0 Å². The van der Waals surface area contributed by atoms with E-state index in [-0.39, 0.29) is 5.75 Å². The second-order valence-electron chi connectivity index (χ2n) is 6.55. The van der Waals surface area contributed by atoms with Crippen LogP contribution in [0.1, 0.15) is 33.6 Å². The topological polar surface area (TPSA) is 77.0 Å². The van der Waals surface area contributed by atoms with Gasteiger partial charge in [0.2, 0.25) is 10.0 Å². The quantitative estimate of drug-likeness (QED) is 0.356. The predicted octanol–water partition coefficient (Wildman–Crippen LogP) is 0.864. The first-order valence-corrected chi connectivity index (χ1v) is 10.7. The molecule has 0 bridgehead atoms. The Balaban J connectivity index is 2.38. The average Bonchev–Trinajstić information content (AvgIpc) is 2.55. The van der Waals surface area contributed by atoms with Crippen LogP contribution in [0.25, 0.3) is 0 Å². The first-order chi connectivity index (χ1) is 11.8. The molecule has 1 aliphatic heterocycles. The monoisotopic (exact) mass is 373 g/mol. The van der Waals surface area contributed by atoms with Gasteiger partial charge in [-0.15, -0.1) is 0 Å². The Morgan fingerprint density at radius 3 is 2.36 bits per heavy atom. The highest BCUT2D eigenvalue weighted by Crippen LogP contribution is 2.11. The zero-order chi connectivity index (χ0) is 18.9. The van der Waals surface area contributed by atoms with Gasteiger partial charge in [0.15, 0.2) is 5.96 Å². The molecule has 1 aliphatic rings. The average molecular weight is 374 g/mol. The number of hydrogen-bond acceptors (Lipinski definition) is 4. The van der Waals surface area contributed by atoms with Crippen LogP contribution in [-0.4, -0.2) is 81.7 Å². The van der Waals surface area contributed by atoms with Gasteiger partial charge in [0.25, 0.3) is 0 Å². The molecule has 25 heavy (non-hydrogen) atoms. The summed E-state index contributed by atoms with van der Waals surface area (Å²) in [6, 6.07) is 0.368. The molecule has 1 fully saturated rings. The van der Waals surface area contributed by atoms with E-state index in [0.29, 0.717) is 31.6 Å². The maximum absolute atomic E-state index is 12.2. The Kier molecular flexibility index (Phi) is 9.45. The molecule has 0 radical (unpaired) electrons. The first-order valence-electron chi connectivity index (χ1n) is 9.14. The highest BCUT2D eigenvalue weighted by atomic mass is 32.2. The smallest absolute Gasteiger partial charge is 0.215 e. The van der Waals surface area contributed by atoms with Gasteiger partial charge in [0.1, 0.15) is 0 Å². The lowest BCUT2D eigenvalue weighted by molar-refractivity contribution is 0.221. The fraction of sp³-hybridized carbons (Fsp3) is 0.824.